The van der Waals surface area contributed by atoms with E-state index in [1.54, 1.807) is 0 Å². The van der Waals surface area contributed by atoms with Gasteiger partial charge in [0.25, 0.3) is 0 Å². The van der Waals surface area contributed by atoms with Crippen molar-refractivity contribution in [3.8, 4) is 17.2 Å². The van der Waals surface area contributed by atoms with E-state index in [9.17, 15) is 0 Å². The van der Waals surface area contributed by atoms with Crippen LogP contribution in [0.2, 0.25) is 0 Å². The maximum Gasteiger partial charge on any atom is 0.136 e. The van der Waals surface area contributed by atoms with Gasteiger partial charge in [-0.05, 0) is 37.0 Å². The lowest BCUT2D eigenvalue weighted by Gasteiger charge is -2.26. The fourth-order valence-electron chi connectivity index (χ4n) is 3.46. The first-order chi connectivity index (χ1) is 10.8. The topological polar surface area (TPSA) is 44.5 Å². The summed E-state index contributed by atoms with van der Waals surface area (Å²) < 4.78 is 12.0. The second kappa shape index (κ2) is 5.65. The van der Waals surface area contributed by atoms with E-state index in [1.807, 2.05) is 42.5 Å². The maximum atomic E-state index is 6.36. The van der Waals surface area contributed by atoms with Gasteiger partial charge in [-0.2, -0.15) is 0 Å². The predicted molar refractivity (Wildman–Crippen MR) is 86.4 cm³/mol. The molecule has 0 spiro atoms. The summed E-state index contributed by atoms with van der Waals surface area (Å²) in [5.74, 6) is 3.24. The van der Waals surface area contributed by atoms with Crippen LogP contribution in [0.3, 0.4) is 0 Å². The SMILES string of the molecule is NC1c2ccccc2Oc2cc(OCC3CCCC3)ccc21. The molecule has 22 heavy (non-hydrogen) atoms. The molecule has 2 aromatic rings. The quantitative estimate of drug-likeness (QED) is 0.912. The third kappa shape index (κ3) is 2.46. The molecule has 1 fully saturated rings. The average Bonchev–Trinajstić information content (AvgIpc) is 3.06. The Morgan fingerprint density at radius 3 is 2.64 bits per heavy atom. The molecule has 2 aromatic carbocycles. The molecular formula is C19H21NO2. The largest absolute Gasteiger partial charge is 0.493 e. The van der Waals surface area contributed by atoms with Crippen LogP contribution in [0, 0.1) is 5.92 Å². The van der Waals surface area contributed by atoms with Crippen molar-refractivity contribution < 1.29 is 9.47 Å². The highest BCUT2D eigenvalue weighted by Gasteiger charge is 2.24. The normalized spacial score (nSPS) is 20.1. The van der Waals surface area contributed by atoms with Gasteiger partial charge in [-0.3, -0.25) is 0 Å². The second-order valence-corrected chi connectivity index (χ2v) is 6.28. The standard InChI is InChI=1S/C19H21NO2/c20-19-15-7-3-4-8-17(15)22-18-11-14(9-10-16(18)19)21-12-13-5-1-2-6-13/h3-4,7-11,13,19H,1-2,5-6,12,20H2. The molecule has 1 aliphatic heterocycles. The molecule has 2 N–H and O–H groups in total. The van der Waals surface area contributed by atoms with Crippen LogP contribution < -0.4 is 15.2 Å². The third-order valence-electron chi connectivity index (χ3n) is 4.75. The Morgan fingerprint density at radius 2 is 1.77 bits per heavy atom. The molecule has 2 aliphatic rings. The highest BCUT2D eigenvalue weighted by molar-refractivity contribution is 5.54. The molecule has 4 rings (SSSR count). The minimum Gasteiger partial charge on any atom is -0.493 e. The van der Waals surface area contributed by atoms with Gasteiger partial charge >= 0.3 is 0 Å². The predicted octanol–water partition coefficient (Wildman–Crippen LogP) is 4.41. The first kappa shape index (κ1) is 13.6. The zero-order valence-corrected chi connectivity index (χ0v) is 12.6. The summed E-state index contributed by atoms with van der Waals surface area (Å²) in [6.07, 6.45) is 5.26. The van der Waals surface area contributed by atoms with Gasteiger partial charge in [0, 0.05) is 17.2 Å². The first-order valence-corrected chi connectivity index (χ1v) is 8.10. The number of hydrogen-bond donors (Lipinski definition) is 1. The van der Waals surface area contributed by atoms with E-state index in [0.717, 1.165) is 35.0 Å². The van der Waals surface area contributed by atoms with Gasteiger partial charge in [-0.25, -0.2) is 0 Å². The van der Waals surface area contributed by atoms with Crippen LogP contribution in [0.15, 0.2) is 42.5 Å². The molecule has 114 valence electrons. The molecule has 1 heterocycles. The van der Waals surface area contributed by atoms with Gasteiger partial charge in [-0.15, -0.1) is 0 Å². The Morgan fingerprint density at radius 1 is 1.00 bits per heavy atom. The van der Waals surface area contributed by atoms with Crippen LogP contribution in [0.1, 0.15) is 42.9 Å². The molecule has 1 atom stereocenters. The molecule has 0 saturated heterocycles. The van der Waals surface area contributed by atoms with Crippen LogP contribution >= 0.6 is 0 Å². The molecule has 0 bridgehead atoms. The zero-order chi connectivity index (χ0) is 14.9. The lowest BCUT2D eigenvalue weighted by molar-refractivity contribution is 0.251. The van der Waals surface area contributed by atoms with Crippen LogP contribution in [-0.2, 0) is 0 Å². The van der Waals surface area contributed by atoms with Crippen LogP contribution in [0.5, 0.6) is 17.2 Å². The van der Waals surface area contributed by atoms with E-state index in [0.29, 0.717) is 5.92 Å². The summed E-state index contributed by atoms with van der Waals surface area (Å²) in [7, 11) is 0. The highest BCUT2D eigenvalue weighted by Crippen LogP contribution is 2.42. The Balaban J connectivity index is 1.55. The van der Waals surface area contributed by atoms with Crippen LogP contribution in [0.4, 0.5) is 0 Å². The number of ether oxygens (including phenoxy) is 2. The van der Waals surface area contributed by atoms with Crippen molar-refractivity contribution in [2.45, 2.75) is 31.7 Å². The smallest absolute Gasteiger partial charge is 0.136 e. The zero-order valence-electron chi connectivity index (χ0n) is 12.6. The van der Waals surface area contributed by atoms with E-state index in [2.05, 4.69) is 0 Å². The van der Waals surface area contributed by atoms with E-state index >= 15 is 0 Å². The minimum absolute atomic E-state index is 0.135. The molecule has 1 saturated carbocycles. The molecule has 0 radical (unpaired) electrons. The van der Waals surface area contributed by atoms with Gasteiger partial charge in [0.2, 0.25) is 0 Å². The molecule has 1 aliphatic carbocycles. The molecule has 0 aromatic heterocycles. The summed E-state index contributed by atoms with van der Waals surface area (Å²) in [5.41, 5.74) is 8.42. The van der Waals surface area contributed by atoms with Crippen molar-refractivity contribution in [2.75, 3.05) is 6.61 Å². The number of hydrogen-bond acceptors (Lipinski definition) is 3. The van der Waals surface area contributed by atoms with Crippen molar-refractivity contribution in [3.63, 3.8) is 0 Å². The average molecular weight is 295 g/mol. The first-order valence-electron chi connectivity index (χ1n) is 8.10. The summed E-state index contributed by atoms with van der Waals surface area (Å²) in [5, 5.41) is 0. The van der Waals surface area contributed by atoms with Crippen LogP contribution in [0.25, 0.3) is 0 Å². The lowest BCUT2D eigenvalue weighted by atomic mass is 9.95. The summed E-state index contributed by atoms with van der Waals surface area (Å²) in [6.45, 7) is 0.807. The lowest BCUT2D eigenvalue weighted by Crippen LogP contribution is -2.17. The monoisotopic (exact) mass is 295 g/mol. The summed E-state index contributed by atoms with van der Waals surface area (Å²) in [6, 6.07) is 13.8. The van der Waals surface area contributed by atoms with Gasteiger partial charge in [0.1, 0.15) is 17.2 Å². The fraction of sp³-hybridized carbons (Fsp3) is 0.368. The van der Waals surface area contributed by atoms with E-state index in [4.69, 9.17) is 15.2 Å². The van der Waals surface area contributed by atoms with Crippen molar-refractivity contribution in [3.05, 3.63) is 53.6 Å². The van der Waals surface area contributed by atoms with E-state index in [-0.39, 0.29) is 6.04 Å². The number of rotatable bonds is 3. The summed E-state index contributed by atoms with van der Waals surface area (Å²) in [4.78, 5) is 0. The third-order valence-corrected chi connectivity index (χ3v) is 4.75. The van der Waals surface area contributed by atoms with Gasteiger partial charge in [-0.1, -0.05) is 31.0 Å². The Labute approximate surface area is 131 Å². The Bertz CT molecular complexity index is 677. The Kier molecular flexibility index (Phi) is 3.51. The molecule has 3 heteroatoms. The number of nitrogens with two attached hydrogens (primary N) is 1. The Hall–Kier alpha value is -2.00. The van der Waals surface area contributed by atoms with Gasteiger partial charge < -0.3 is 15.2 Å². The van der Waals surface area contributed by atoms with Crippen molar-refractivity contribution in [1.29, 1.82) is 0 Å². The number of benzene rings is 2. The molecule has 0 amide bonds. The van der Waals surface area contributed by atoms with Crippen molar-refractivity contribution >= 4 is 0 Å². The highest BCUT2D eigenvalue weighted by atomic mass is 16.5. The number of para-hydroxylation sites is 1. The molecule has 3 nitrogen and oxygen atoms in total. The maximum absolute atomic E-state index is 6.36. The minimum atomic E-state index is -0.135. The summed E-state index contributed by atoms with van der Waals surface area (Å²) >= 11 is 0. The van der Waals surface area contributed by atoms with Crippen molar-refractivity contribution in [1.82, 2.24) is 0 Å². The van der Waals surface area contributed by atoms with Gasteiger partial charge in [0.15, 0.2) is 0 Å². The van der Waals surface area contributed by atoms with E-state index in [1.165, 1.54) is 25.7 Å². The molecule has 1 unspecified atom stereocenters. The van der Waals surface area contributed by atoms with E-state index < -0.39 is 0 Å². The van der Waals surface area contributed by atoms with Gasteiger partial charge in [0.05, 0.1) is 12.6 Å². The number of fused-ring (bicyclic) bond motifs is 2. The van der Waals surface area contributed by atoms with Crippen LogP contribution in [-0.4, -0.2) is 6.61 Å². The fourth-order valence-corrected chi connectivity index (χ4v) is 3.46. The second-order valence-electron chi connectivity index (χ2n) is 6.28. The van der Waals surface area contributed by atoms with Crippen molar-refractivity contribution in [2.24, 2.45) is 11.7 Å². The molecular weight excluding hydrogens is 274 g/mol.